The van der Waals surface area contributed by atoms with E-state index >= 15 is 0 Å². The number of hydrogen-bond donors (Lipinski definition) is 2. The van der Waals surface area contributed by atoms with Crippen molar-refractivity contribution in [1.82, 2.24) is 0 Å². The summed E-state index contributed by atoms with van der Waals surface area (Å²) in [6, 6.07) is 5.51. The molecule has 3 N–H and O–H groups in total. The van der Waals surface area contributed by atoms with E-state index in [9.17, 15) is 19.7 Å². The summed E-state index contributed by atoms with van der Waals surface area (Å²) in [4.78, 5) is 32.2. The summed E-state index contributed by atoms with van der Waals surface area (Å²) in [6.45, 7) is 0.595. The SMILES string of the molecule is N[C@@H](C[C@H](Cc1ccc(OCCCI)cc1)C(=O)[N+](=O)[O-])C(=O)O. The van der Waals surface area contributed by atoms with Crippen molar-refractivity contribution in [3.8, 4) is 5.75 Å². The maximum Gasteiger partial charge on any atom is 0.448 e. The van der Waals surface area contributed by atoms with Gasteiger partial charge in [-0.05, 0) is 37.0 Å². The van der Waals surface area contributed by atoms with Crippen LogP contribution in [0.1, 0.15) is 18.4 Å². The zero-order valence-corrected chi connectivity index (χ0v) is 15.0. The summed E-state index contributed by atoms with van der Waals surface area (Å²) in [5.74, 6) is -2.94. The highest BCUT2D eigenvalue weighted by Gasteiger charge is 2.32. The fraction of sp³-hybridized carbons (Fsp3) is 0.467. The Bertz CT molecular complexity index is 578. The largest absolute Gasteiger partial charge is 0.494 e. The summed E-state index contributed by atoms with van der Waals surface area (Å²) >= 11 is 2.25. The quantitative estimate of drug-likeness (QED) is 0.182. The number of carbonyl (C=O) groups excluding carboxylic acids is 1. The highest BCUT2D eigenvalue weighted by atomic mass is 127. The van der Waals surface area contributed by atoms with Crippen LogP contribution < -0.4 is 10.5 Å². The highest BCUT2D eigenvalue weighted by molar-refractivity contribution is 14.1. The molecule has 0 heterocycles. The van der Waals surface area contributed by atoms with Gasteiger partial charge in [-0.15, -0.1) is 0 Å². The maximum absolute atomic E-state index is 11.7. The third kappa shape index (κ3) is 6.79. The molecule has 0 aliphatic rings. The Morgan fingerprint density at radius 1 is 1.33 bits per heavy atom. The molecular weight excluding hydrogens is 431 g/mol. The Labute approximate surface area is 152 Å². The summed E-state index contributed by atoms with van der Waals surface area (Å²) in [5, 5.41) is 19.6. The molecule has 0 aliphatic heterocycles. The second kappa shape index (κ2) is 10.2. The molecule has 0 aliphatic carbocycles. The van der Waals surface area contributed by atoms with Crippen LogP contribution in [0.5, 0.6) is 5.75 Å². The van der Waals surface area contributed by atoms with E-state index in [2.05, 4.69) is 22.6 Å². The number of nitrogens with two attached hydrogens (primary N) is 1. The van der Waals surface area contributed by atoms with E-state index in [1.165, 1.54) is 0 Å². The third-order valence-electron chi connectivity index (χ3n) is 3.34. The predicted octanol–water partition coefficient (Wildman–Crippen LogP) is 1.65. The van der Waals surface area contributed by atoms with Gasteiger partial charge in [-0.25, -0.2) is 4.79 Å². The van der Waals surface area contributed by atoms with Crippen molar-refractivity contribution in [2.75, 3.05) is 11.0 Å². The van der Waals surface area contributed by atoms with Crippen LogP contribution in [-0.4, -0.2) is 39.0 Å². The van der Waals surface area contributed by atoms with Gasteiger partial charge in [0.05, 0.1) is 12.5 Å². The first kappa shape index (κ1) is 20.3. The van der Waals surface area contributed by atoms with Gasteiger partial charge >= 0.3 is 11.9 Å². The molecule has 0 fully saturated rings. The molecule has 9 heteroatoms. The maximum atomic E-state index is 11.7. The van der Waals surface area contributed by atoms with Gasteiger partial charge < -0.3 is 15.6 Å². The molecule has 1 amide bonds. The average Bonchev–Trinajstić information content (AvgIpc) is 2.55. The van der Waals surface area contributed by atoms with Crippen LogP contribution in [0.3, 0.4) is 0 Å². The van der Waals surface area contributed by atoms with Crippen molar-refractivity contribution in [1.29, 1.82) is 0 Å². The molecule has 132 valence electrons. The number of carbonyl (C=O) groups is 2. The Balaban J connectivity index is 2.76. The van der Waals surface area contributed by atoms with Crippen molar-refractivity contribution in [2.24, 2.45) is 11.7 Å². The minimum atomic E-state index is -1.32. The molecule has 2 atom stereocenters. The van der Waals surface area contributed by atoms with Crippen LogP contribution in [0.15, 0.2) is 24.3 Å². The van der Waals surface area contributed by atoms with Crippen molar-refractivity contribution in [3.05, 3.63) is 39.9 Å². The molecule has 0 bridgehead atoms. The topological polar surface area (TPSA) is 133 Å². The van der Waals surface area contributed by atoms with Crippen LogP contribution in [0.25, 0.3) is 0 Å². The predicted molar refractivity (Wildman–Crippen MR) is 94.9 cm³/mol. The van der Waals surface area contributed by atoms with Gasteiger partial charge in [0, 0.05) is 4.43 Å². The number of hydrogen-bond acceptors (Lipinski definition) is 6. The molecule has 0 spiro atoms. The number of carboxylic acids is 1. The number of amides is 1. The number of rotatable bonds is 10. The van der Waals surface area contributed by atoms with Gasteiger partial charge in [0.15, 0.2) is 0 Å². The van der Waals surface area contributed by atoms with Crippen LogP contribution >= 0.6 is 22.6 Å². The van der Waals surface area contributed by atoms with E-state index in [1.807, 2.05) is 0 Å². The van der Waals surface area contributed by atoms with E-state index in [0.29, 0.717) is 17.9 Å². The number of ether oxygens (including phenoxy) is 1. The molecular formula is C15H19IN2O6. The second-order valence-electron chi connectivity index (χ2n) is 5.21. The molecule has 0 aromatic heterocycles. The van der Waals surface area contributed by atoms with Crippen LogP contribution in [0, 0.1) is 16.0 Å². The molecule has 0 unspecified atom stereocenters. The lowest BCUT2D eigenvalue weighted by molar-refractivity contribution is -0.407. The molecule has 0 radical (unpaired) electrons. The monoisotopic (exact) mass is 450 g/mol. The first-order valence-electron chi connectivity index (χ1n) is 7.29. The van der Waals surface area contributed by atoms with Gasteiger partial charge in [-0.1, -0.05) is 34.7 Å². The third-order valence-corrected chi connectivity index (χ3v) is 4.10. The number of aliphatic carboxylic acids is 1. The average molecular weight is 450 g/mol. The molecule has 1 rings (SSSR count). The normalized spacial score (nSPS) is 13.1. The minimum absolute atomic E-state index is 0.0504. The van der Waals surface area contributed by atoms with E-state index in [1.54, 1.807) is 24.3 Å². The number of nitrogens with zero attached hydrogens (tertiary/aromatic N) is 1. The number of carboxylic acid groups (broad SMARTS) is 1. The number of halogens is 1. The summed E-state index contributed by atoms with van der Waals surface area (Å²) in [7, 11) is 0. The second-order valence-corrected chi connectivity index (χ2v) is 6.29. The van der Waals surface area contributed by atoms with Gasteiger partial charge in [-0.2, -0.15) is 0 Å². The number of alkyl halides is 1. The Morgan fingerprint density at radius 2 is 1.96 bits per heavy atom. The van der Waals surface area contributed by atoms with E-state index < -0.39 is 28.8 Å². The first-order chi connectivity index (χ1) is 11.3. The zero-order chi connectivity index (χ0) is 18.1. The van der Waals surface area contributed by atoms with E-state index in [4.69, 9.17) is 15.6 Å². The van der Waals surface area contributed by atoms with E-state index in [-0.39, 0.29) is 12.8 Å². The summed E-state index contributed by atoms with van der Waals surface area (Å²) in [6.07, 6.45) is 0.687. The van der Waals surface area contributed by atoms with Crippen LogP contribution in [0.4, 0.5) is 0 Å². The lowest BCUT2D eigenvalue weighted by Crippen LogP contribution is -2.36. The molecule has 0 saturated heterocycles. The van der Waals surface area contributed by atoms with Gasteiger partial charge in [0.2, 0.25) is 0 Å². The molecule has 1 aromatic rings. The van der Waals surface area contributed by atoms with Crippen molar-refractivity contribution in [3.63, 3.8) is 0 Å². The van der Waals surface area contributed by atoms with Crippen molar-refractivity contribution in [2.45, 2.75) is 25.3 Å². The highest BCUT2D eigenvalue weighted by Crippen LogP contribution is 2.19. The number of benzene rings is 1. The van der Waals surface area contributed by atoms with Crippen LogP contribution in [-0.2, 0) is 16.0 Å². The fourth-order valence-electron chi connectivity index (χ4n) is 2.08. The lowest BCUT2D eigenvalue weighted by atomic mass is 9.92. The van der Waals surface area contributed by atoms with Gasteiger partial charge in [-0.3, -0.25) is 14.9 Å². The number of nitro groups is 1. The van der Waals surface area contributed by atoms with Crippen LogP contribution in [0.2, 0.25) is 0 Å². The van der Waals surface area contributed by atoms with E-state index in [0.717, 1.165) is 10.8 Å². The van der Waals surface area contributed by atoms with Gasteiger partial charge in [0.1, 0.15) is 16.7 Å². The zero-order valence-electron chi connectivity index (χ0n) is 12.9. The lowest BCUT2D eigenvalue weighted by Gasteiger charge is -2.14. The summed E-state index contributed by atoms with van der Waals surface area (Å²) in [5.41, 5.74) is 6.08. The molecule has 8 nitrogen and oxygen atoms in total. The molecule has 24 heavy (non-hydrogen) atoms. The minimum Gasteiger partial charge on any atom is -0.494 e. The Morgan fingerprint density at radius 3 is 2.46 bits per heavy atom. The van der Waals surface area contributed by atoms with Gasteiger partial charge in [0.25, 0.3) is 0 Å². The first-order valence-corrected chi connectivity index (χ1v) is 8.82. The van der Waals surface area contributed by atoms with Crippen molar-refractivity contribution < 1.29 is 24.4 Å². The standard InChI is InChI=1S/C15H19IN2O6/c16-6-1-7-24-12-4-2-10(3-5-12)8-11(14(19)18(22)23)9-13(17)15(20)21/h2-5,11,13H,1,6-9,17H2,(H,20,21)/t11-,13-/m0/s1. The fourth-order valence-corrected chi connectivity index (χ4v) is 2.39. The summed E-state index contributed by atoms with van der Waals surface area (Å²) < 4.78 is 6.50. The van der Waals surface area contributed by atoms with Crippen molar-refractivity contribution >= 4 is 34.5 Å². The molecule has 1 aromatic carbocycles. The Kier molecular flexibility index (Phi) is 8.61. The Hall–Kier alpha value is -1.75. The molecule has 0 saturated carbocycles. The smallest absolute Gasteiger partial charge is 0.448 e.